The highest BCUT2D eigenvalue weighted by Crippen LogP contribution is 2.26. The second-order valence-electron chi connectivity index (χ2n) is 4.67. The smallest absolute Gasteiger partial charge is 0.243 e. The van der Waals surface area contributed by atoms with Gasteiger partial charge in [-0.05, 0) is 20.8 Å². The van der Waals surface area contributed by atoms with Crippen molar-refractivity contribution in [3.05, 3.63) is 0 Å². The number of rotatable bonds is 2. The topological polar surface area (TPSA) is 81.5 Å². The third-order valence-electron chi connectivity index (χ3n) is 3.07. The Hall–Kier alpha value is -1.13. The number of amides is 1. The van der Waals surface area contributed by atoms with Crippen molar-refractivity contribution in [1.29, 1.82) is 5.26 Å². The van der Waals surface area contributed by atoms with Gasteiger partial charge in [0.05, 0.1) is 6.07 Å². The van der Waals surface area contributed by atoms with E-state index in [4.69, 9.17) is 5.26 Å². The maximum atomic E-state index is 12.1. The third kappa shape index (κ3) is 2.15. The van der Waals surface area contributed by atoms with E-state index in [0.29, 0.717) is 6.54 Å². The van der Waals surface area contributed by atoms with Crippen LogP contribution in [-0.2, 0) is 14.8 Å². The molecule has 1 unspecified atom stereocenters. The molecule has 1 aliphatic rings. The Morgan fingerprint density at radius 1 is 1.41 bits per heavy atom. The third-order valence-corrected chi connectivity index (χ3v) is 5.32. The van der Waals surface area contributed by atoms with Crippen molar-refractivity contribution >= 4 is 15.9 Å². The lowest BCUT2D eigenvalue weighted by atomic mass is 10.0. The van der Waals surface area contributed by atoms with Crippen LogP contribution in [0.15, 0.2) is 0 Å². The molecule has 0 N–H and O–H groups in total. The SMILES string of the molecule is CC(C#N)S(=O)(=O)N1CCN(C)C(=O)C1(C)C. The molecule has 1 rings (SSSR count). The molecule has 0 aliphatic carbocycles. The summed E-state index contributed by atoms with van der Waals surface area (Å²) in [5, 5.41) is 7.60. The van der Waals surface area contributed by atoms with Gasteiger partial charge in [0.2, 0.25) is 15.9 Å². The Labute approximate surface area is 102 Å². The van der Waals surface area contributed by atoms with Crippen LogP contribution in [0.5, 0.6) is 0 Å². The van der Waals surface area contributed by atoms with Gasteiger partial charge in [0, 0.05) is 20.1 Å². The fourth-order valence-electron chi connectivity index (χ4n) is 1.90. The zero-order valence-corrected chi connectivity index (χ0v) is 11.3. The Balaban J connectivity index is 3.17. The second kappa shape index (κ2) is 4.27. The first-order chi connectivity index (χ1) is 7.65. The van der Waals surface area contributed by atoms with Gasteiger partial charge in [-0.2, -0.15) is 9.57 Å². The van der Waals surface area contributed by atoms with Crippen molar-refractivity contribution < 1.29 is 13.2 Å². The minimum absolute atomic E-state index is 0.226. The molecule has 1 amide bonds. The summed E-state index contributed by atoms with van der Waals surface area (Å²) < 4.78 is 25.4. The minimum Gasteiger partial charge on any atom is -0.343 e. The molecule has 1 atom stereocenters. The highest BCUT2D eigenvalue weighted by molar-refractivity contribution is 7.90. The highest BCUT2D eigenvalue weighted by atomic mass is 32.2. The molecule has 0 saturated carbocycles. The number of hydrogen-bond acceptors (Lipinski definition) is 4. The standard InChI is InChI=1S/C10H17N3O3S/c1-8(7-11)17(15,16)13-6-5-12(4)9(14)10(13,2)3/h8H,5-6H2,1-4H3. The van der Waals surface area contributed by atoms with E-state index in [1.165, 1.54) is 11.8 Å². The number of hydrogen-bond donors (Lipinski definition) is 0. The minimum atomic E-state index is -3.75. The first kappa shape index (κ1) is 13.9. The number of sulfonamides is 1. The van der Waals surface area contributed by atoms with E-state index >= 15 is 0 Å². The van der Waals surface area contributed by atoms with Gasteiger partial charge in [-0.3, -0.25) is 4.79 Å². The van der Waals surface area contributed by atoms with E-state index in [-0.39, 0.29) is 12.5 Å². The molecule has 1 heterocycles. The van der Waals surface area contributed by atoms with Crippen LogP contribution in [0, 0.1) is 11.3 Å². The van der Waals surface area contributed by atoms with Crippen LogP contribution in [0.2, 0.25) is 0 Å². The first-order valence-electron chi connectivity index (χ1n) is 5.32. The molecule has 0 aromatic carbocycles. The summed E-state index contributed by atoms with van der Waals surface area (Å²) in [7, 11) is -2.11. The molecule has 0 aromatic rings. The molecular weight excluding hydrogens is 242 g/mol. The summed E-state index contributed by atoms with van der Waals surface area (Å²) in [5.74, 6) is -0.252. The molecule has 0 aromatic heterocycles. The van der Waals surface area contributed by atoms with E-state index in [9.17, 15) is 13.2 Å². The van der Waals surface area contributed by atoms with Crippen molar-refractivity contribution in [2.45, 2.75) is 31.6 Å². The summed E-state index contributed by atoms with van der Waals surface area (Å²) in [6, 6.07) is 1.71. The van der Waals surface area contributed by atoms with Gasteiger partial charge in [-0.25, -0.2) is 8.42 Å². The van der Waals surface area contributed by atoms with Crippen molar-refractivity contribution in [2.75, 3.05) is 20.1 Å². The van der Waals surface area contributed by atoms with Crippen LogP contribution < -0.4 is 0 Å². The van der Waals surface area contributed by atoms with Crippen molar-refractivity contribution in [1.82, 2.24) is 9.21 Å². The molecule has 96 valence electrons. The van der Waals surface area contributed by atoms with E-state index in [1.54, 1.807) is 27.0 Å². The van der Waals surface area contributed by atoms with E-state index in [1.807, 2.05) is 0 Å². The summed E-state index contributed by atoms with van der Waals surface area (Å²) in [5.41, 5.74) is -1.13. The van der Waals surface area contributed by atoms with Crippen LogP contribution in [0.4, 0.5) is 0 Å². The summed E-state index contributed by atoms with van der Waals surface area (Å²) in [6.45, 7) is 5.02. The Morgan fingerprint density at radius 2 is 1.94 bits per heavy atom. The molecule has 7 heteroatoms. The second-order valence-corrected chi connectivity index (χ2v) is 6.85. The first-order valence-corrected chi connectivity index (χ1v) is 6.83. The van der Waals surface area contributed by atoms with Gasteiger partial charge in [0.1, 0.15) is 5.54 Å². The Morgan fingerprint density at radius 3 is 2.41 bits per heavy atom. The Bertz CT molecular complexity index is 464. The maximum Gasteiger partial charge on any atom is 0.243 e. The van der Waals surface area contributed by atoms with Gasteiger partial charge in [-0.15, -0.1) is 0 Å². The highest BCUT2D eigenvalue weighted by Gasteiger charge is 2.47. The van der Waals surface area contributed by atoms with Crippen LogP contribution in [0.1, 0.15) is 20.8 Å². The molecule has 0 spiro atoms. The summed E-state index contributed by atoms with van der Waals surface area (Å²) >= 11 is 0. The average molecular weight is 259 g/mol. The number of nitriles is 1. The summed E-state index contributed by atoms with van der Waals surface area (Å²) in [6.07, 6.45) is 0. The number of nitrogens with zero attached hydrogens (tertiary/aromatic N) is 3. The molecule has 17 heavy (non-hydrogen) atoms. The van der Waals surface area contributed by atoms with Crippen molar-refractivity contribution in [3.8, 4) is 6.07 Å². The molecule has 1 aliphatic heterocycles. The molecule has 0 radical (unpaired) electrons. The fraction of sp³-hybridized carbons (Fsp3) is 0.800. The van der Waals surface area contributed by atoms with Crippen LogP contribution in [0.3, 0.4) is 0 Å². The van der Waals surface area contributed by atoms with Gasteiger partial charge >= 0.3 is 0 Å². The Kier molecular flexibility index (Phi) is 3.50. The molecule has 0 bridgehead atoms. The van der Waals surface area contributed by atoms with E-state index in [2.05, 4.69) is 0 Å². The van der Waals surface area contributed by atoms with E-state index < -0.39 is 20.8 Å². The quantitative estimate of drug-likeness (QED) is 0.686. The lowest BCUT2D eigenvalue weighted by Gasteiger charge is -2.43. The number of carbonyl (C=O) groups is 1. The predicted molar refractivity (Wildman–Crippen MR) is 62.4 cm³/mol. The predicted octanol–water partition coefficient (Wildman–Crippen LogP) is -0.219. The van der Waals surface area contributed by atoms with Crippen LogP contribution in [-0.4, -0.2) is 54.5 Å². The maximum absolute atomic E-state index is 12.1. The molecule has 1 saturated heterocycles. The monoisotopic (exact) mass is 259 g/mol. The number of piperazine rings is 1. The molecule has 1 fully saturated rings. The fourth-order valence-corrected chi connectivity index (χ4v) is 3.46. The number of likely N-dealkylation sites (N-methyl/N-ethyl adjacent to an activating group) is 1. The number of carbonyl (C=O) groups excluding carboxylic acids is 1. The van der Waals surface area contributed by atoms with Gasteiger partial charge in [-0.1, -0.05) is 0 Å². The summed E-state index contributed by atoms with van der Waals surface area (Å²) in [4.78, 5) is 13.5. The zero-order chi connectivity index (χ0) is 13.4. The van der Waals surface area contributed by atoms with E-state index in [0.717, 1.165) is 4.31 Å². The van der Waals surface area contributed by atoms with Crippen molar-refractivity contribution in [3.63, 3.8) is 0 Å². The van der Waals surface area contributed by atoms with Crippen LogP contribution in [0.25, 0.3) is 0 Å². The van der Waals surface area contributed by atoms with Crippen LogP contribution >= 0.6 is 0 Å². The normalized spacial score (nSPS) is 23.2. The molecule has 6 nitrogen and oxygen atoms in total. The lowest BCUT2D eigenvalue weighted by molar-refractivity contribution is -0.142. The lowest BCUT2D eigenvalue weighted by Crippen LogP contribution is -2.64. The van der Waals surface area contributed by atoms with Crippen molar-refractivity contribution in [2.24, 2.45) is 0 Å². The zero-order valence-electron chi connectivity index (χ0n) is 10.5. The van der Waals surface area contributed by atoms with Gasteiger partial charge in [0.25, 0.3) is 0 Å². The molecular formula is C10H17N3O3S. The van der Waals surface area contributed by atoms with Gasteiger partial charge < -0.3 is 4.90 Å². The average Bonchev–Trinajstić information content (AvgIpc) is 2.24. The van der Waals surface area contributed by atoms with Gasteiger partial charge in [0.15, 0.2) is 5.25 Å². The largest absolute Gasteiger partial charge is 0.343 e.